The first-order chi connectivity index (χ1) is 9.88. The maximum absolute atomic E-state index is 12.7. The molecule has 1 fully saturated rings. The van der Waals surface area contributed by atoms with Crippen LogP contribution in [0.5, 0.6) is 0 Å². The molecule has 0 bridgehead atoms. The SMILES string of the molecule is CCN(CC)c1nc(N)c(C(=O)N2CCCC(C)(C)C2)s1. The lowest BCUT2D eigenvalue weighted by molar-refractivity contribution is 0.0589. The highest BCUT2D eigenvalue weighted by Crippen LogP contribution is 2.33. The van der Waals surface area contributed by atoms with Gasteiger partial charge in [0.05, 0.1) is 0 Å². The number of nitrogens with two attached hydrogens (primary N) is 1. The van der Waals surface area contributed by atoms with Crippen LogP contribution >= 0.6 is 11.3 Å². The first-order valence-electron chi connectivity index (χ1n) is 7.68. The van der Waals surface area contributed by atoms with E-state index in [0.717, 1.165) is 37.7 Å². The van der Waals surface area contributed by atoms with Gasteiger partial charge in [0.15, 0.2) is 5.13 Å². The van der Waals surface area contributed by atoms with E-state index in [4.69, 9.17) is 5.73 Å². The van der Waals surface area contributed by atoms with Gasteiger partial charge in [0.1, 0.15) is 10.7 Å². The van der Waals surface area contributed by atoms with Crippen molar-refractivity contribution in [3.8, 4) is 0 Å². The van der Waals surface area contributed by atoms with Crippen LogP contribution in [0.1, 0.15) is 50.2 Å². The normalized spacial score (nSPS) is 17.8. The van der Waals surface area contributed by atoms with Crippen LogP contribution in [0.25, 0.3) is 0 Å². The van der Waals surface area contributed by atoms with E-state index in [0.29, 0.717) is 10.7 Å². The van der Waals surface area contributed by atoms with E-state index in [2.05, 4.69) is 37.6 Å². The molecule has 0 saturated carbocycles. The standard InChI is InChI=1S/C15H26N4OS/c1-5-18(6-2)14-17-12(16)11(21-14)13(20)19-9-7-8-15(3,4)10-19/h5-10,16H2,1-4H3. The molecule has 0 atom stereocenters. The molecule has 21 heavy (non-hydrogen) atoms. The smallest absolute Gasteiger partial charge is 0.267 e. The third-order valence-corrected chi connectivity index (χ3v) is 5.18. The van der Waals surface area contributed by atoms with Crippen molar-refractivity contribution in [3.05, 3.63) is 4.88 Å². The zero-order valence-electron chi connectivity index (χ0n) is 13.5. The summed E-state index contributed by atoms with van der Waals surface area (Å²) in [5, 5.41) is 0.845. The van der Waals surface area contributed by atoms with Crippen LogP contribution in [-0.2, 0) is 0 Å². The summed E-state index contributed by atoms with van der Waals surface area (Å²) >= 11 is 1.42. The molecule has 1 aliphatic rings. The number of amides is 1. The van der Waals surface area contributed by atoms with Crippen molar-refractivity contribution >= 4 is 28.2 Å². The summed E-state index contributed by atoms with van der Waals surface area (Å²) in [6.45, 7) is 11.9. The van der Waals surface area contributed by atoms with Gasteiger partial charge >= 0.3 is 0 Å². The van der Waals surface area contributed by atoms with Crippen molar-refractivity contribution in [2.24, 2.45) is 5.41 Å². The Morgan fingerprint density at radius 1 is 1.43 bits per heavy atom. The number of carbonyl (C=O) groups is 1. The Kier molecular flexibility index (Phi) is 4.76. The highest BCUT2D eigenvalue weighted by molar-refractivity contribution is 7.18. The van der Waals surface area contributed by atoms with Crippen molar-refractivity contribution in [3.63, 3.8) is 0 Å². The lowest BCUT2D eigenvalue weighted by Gasteiger charge is -2.37. The van der Waals surface area contributed by atoms with Crippen LogP contribution in [0.4, 0.5) is 10.9 Å². The minimum absolute atomic E-state index is 0.0381. The number of rotatable bonds is 4. The van der Waals surface area contributed by atoms with Crippen LogP contribution in [0, 0.1) is 5.41 Å². The van der Waals surface area contributed by atoms with Gasteiger partial charge < -0.3 is 15.5 Å². The summed E-state index contributed by atoms with van der Waals surface area (Å²) in [5.41, 5.74) is 6.18. The molecule has 2 rings (SSSR count). The summed E-state index contributed by atoms with van der Waals surface area (Å²) in [6.07, 6.45) is 2.22. The van der Waals surface area contributed by atoms with E-state index in [1.165, 1.54) is 17.8 Å². The molecule has 6 heteroatoms. The van der Waals surface area contributed by atoms with Crippen LogP contribution in [0.2, 0.25) is 0 Å². The molecule has 0 aliphatic carbocycles. The Balaban J connectivity index is 2.19. The molecule has 1 amide bonds. The van der Waals surface area contributed by atoms with E-state index in [1.54, 1.807) is 0 Å². The zero-order valence-corrected chi connectivity index (χ0v) is 14.3. The molecule has 0 aromatic carbocycles. The van der Waals surface area contributed by atoms with E-state index in [9.17, 15) is 4.79 Å². The number of nitrogen functional groups attached to an aromatic ring is 1. The predicted molar refractivity (Wildman–Crippen MR) is 89.0 cm³/mol. The summed E-state index contributed by atoms with van der Waals surface area (Å²) < 4.78 is 0. The Morgan fingerprint density at radius 3 is 2.67 bits per heavy atom. The highest BCUT2D eigenvalue weighted by Gasteiger charge is 2.31. The molecule has 0 unspecified atom stereocenters. The third-order valence-electron chi connectivity index (χ3n) is 4.06. The molecule has 5 nitrogen and oxygen atoms in total. The molecule has 2 N–H and O–H groups in total. The number of anilines is 2. The van der Waals surface area contributed by atoms with Gasteiger partial charge in [0.25, 0.3) is 5.91 Å². The molecule has 118 valence electrons. The Bertz CT molecular complexity index is 508. The number of hydrogen-bond acceptors (Lipinski definition) is 5. The van der Waals surface area contributed by atoms with Gasteiger partial charge in [0.2, 0.25) is 0 Å². The predicted octanol–water partition coefficient (Wildman–Crippen LogP) is 2.83. The number of carbonyl (C=O) groups excluding carboxylic acids is 1. The fourth-order valence-electron chi connectivity index (χ4n) is 2.84. The minimum Gasteiger partial charge on any atom is -0.382 e. The molecule has 1 saturated heterocycles. The zero-order chi connectivity index (χ0) is 15.6. The number of nitrogens with zero attached hydrogens (tertiary/aromatic N) is 3. The van der Waals surface area contributed by atoms with Crippen LogP contribution in [0.3, 0.4) is 0 Å². The first kappa shape index (κ1) is 16.1. The van der Waals surface area contributed by atoms with Crippen molar-refractivity contribution in [1.29, 1.82) is 0 Å². The third kappa shape index (κ3) is 3.48. The summed E-state index contributed by atoms with van der Waals surface area (Å²) in [7, 11) is 0. The minimum atomic E-state index is 0.0381. The fraction of sp³-hybridized carbons (Fsp3) is 0.733. The molecule has 0 radical (unpaired) electrons. The lowest BCUT2D eigenvalue weighted by Crippen LogP contribution is -2.43. The van der Waals surface area contributed by atoms with Gasteiger partial charge in [-0.25, -0.2) is 4.98 Å². The Labute approximate surface area is 131 Å². The van der Waals surface area contributed by atoms with Crippen molar-refractivity contribution in [1.82, 2.24) is 9.88 Å². The van der Waals surface area contributed by atoms with Gasteiger partial charge in [-0.15, -0.1) is 0 Å². The van der Waals surface area contributed by atoms with Crippen LogP contribution < -0.4 is 10.6 Å². The van der Waals surface area contributed by atoms with Crippen molar-refractivity contribution < 1.29 is 4.79 Å². The van der Waals surface area contributed by atoms with Crippen molar-refractivity contribution in [2.45, 2.75) is 40.5 Å². The van der Waals surface area contributed by atoms with Gasteiger partial charge in [-0.3, -0.25) is 4.79 Å². The number of likely N-dealkylation sites (tertiary alicyclic amines) is 1. The lowest BCUT2D eigenvalue weighted by atomic mass is 9.84. The second kappa shape index (κ2) is 6.22. The topological polar surface area (TPSA) is 62.5 Å². The molecule has 1 aliphatic heterocycles. The summed E-state index contributed by atoms with van der Waals surface area (Å²) in [6, 6.07) is 0. The van der Waals surface area contributed by atoms with Gasteiger partial charge in [-0.05, 0) is 32.1 Å². The number of hydrogen-bond donors (Lipinski definition) is 1. The largest absolute Gasteiger partial charge is 0.382 e. The van der Waals surface area contributed by atoms with Gasteiger partial charge in [-0.2, -0.15) is 0 Å². The second-order valence-electron chi connectivity index (χ2n) is 6.38. The van der Waals surface area contributed by atoms with E-state index < -0.39 is 0 Å². The molecule has 0 spiro atoms. The molecule has 1 aromatic heterocycles. The number of aromatic nitrogens is 1. The quantitative estimate of drug-likeness (QED) is 0.929. The first-order valence-corrected chi connectivity index (χ1v) is 8.50. The molecule has 1 aromatic rings. The Morgan fingerprint density at radius 2 is 2.10 bits per heavy atom. The highest BCUT2D eigenvalue weighted by atomic mass is 32.1. The van der Waals surface area contributed by atoms with E-state index in [-0.39, 0.29) is 11.3 Å². The Hall–Kier alpha value is -1.30. The summed E-state index contributed by atoms with van der Waals surface area (Å²) in [5.74, 6) is 0.409. The van der Waals surface area contributed by atoms with Gasteiger partial charge in [0, 0.05) is 26.2 Å². The summed E-state index contributed by atoms with van der Waals surface area (Å²) in [4.78, 5) is 21.7. The van der Waals surface area contributed by atoms with Crippen LogP contribution in [-0.4, -0.2) is 42.0 Å². The second-order valence-corrected chi connectivity index (χ2v) is 7.36. The van der Waals surface area contributed by atoms with Gasteiger partial charge in [-0.1, -0.05) is 25.2 Å². The number of piperidine rings is 1. The molecular formula is C15H26N4OS. The fourth-order valence-corrected chi connectivity index (χ4v) is 3.92. The molecular weight excluding hydrogens is 284 g/mol. The van der Waals surface area contributed by atoms with Crippen molar-refractivity contribution in [2.75, 3.05) is 36.8 Å². The van der Waals surface area contributed by atoms with Crippen LogP contribution in [0.15, 0.2) is 0 Å². The van der Waals surface area contributed by atoms with E-state index >= 15 is 0 Å². The number of thiazole rings is 1. The monoisotopic (exact) mass is 310 g/mol. The molecule has 2 heterocycles. The average Bonchev–Trinajstić information content (AvgIpc) is 2.80. The average molecular weight is 310 g/mol. The van der Waals surface area contributed by atoms with E-state index in [1.807, 2.05) is 4.90 Å². The maximum atomic E-state index is 12.7. The maximum Gasteiger partial charge on any atom is 0.267 e.